The van der Waals surface area contributed by atoms with Gasteiger partial charge in [0.25, 0.3) is 0 Å². The Hall–Kier alpha value is -0.403. The van der Waals surface area contributed by atoms with E-state index in [1.54, 1.807) is 21.3 Å². The standard InChI is InChI=1S/C10H22O5Si/c1-9(2)10(6-7-11-3)15-14-8-16(12-4)13-5/h16H,6-8H2,1-5H3. The van der Waals surface area contributed by atoms with Crippen LogP contribution in [0.5, 0.6) is 0 Å². The molecular formula is C10H22O5Si. The van der Waals surface area contributed by atoms with Crippen molar-refractivity contribution in [3.8, 4) is 0 Å². The number of hydrogen-bond acceptors (Lipinski definition) is 5. The van der Waals surface area contributed by atoms with Crippen LogP contribution in [0.2, 0.25) is 0 Å². The third-order valence-corrected chi connectivity index (χ3v) is 3.44. The molecule has 16 heavy (non-hydrogen) atoms. The maximum atomic E-state index is 5.21. The monoisotopic (exact) mass is 250 g/mol. The molecule has 0 spiro atoms. The van der Waals surface area contributed by atoms with Gasteiger partial charge in [0.05, 0.1) is 6.61 Å². The molecule has 0 aliphatic carbocycles. The molecule has 0 aromatic heterocycles. The third-order valence-electron chi connectivity index (χ3n) is 1.98. The Balaban J connectivity index is 3.90. The second-order valence-electron chi connectivity index (χ2n) is 3.43. The smallest absolute Gasteiger partial charge is 0.352 e. The molecule has 0 amide bonds. The van der Waals surface area contributed by atoms with E-state index in [1.165, 1.54) is 0 Å². The van der Waals surface area contributed by atoms with Gasteiger partial charge in [0.1, 0.15) is 12.0 Å². The quantitative estimate of drug-likeness (QED) is 0.267. The van der Waals surface area contributed by atoms with Crippen molar-refractivity contribution in [1.82, 2.24) is 0 Å². The highest BCUT2D eigenvalue weighted by Crippen LogP contribution is 2.10. The molecule has 0 fully saturated rings. The summed E-state index contributed by atoms with van der Waals surface area (Å²) >= 11 is 0. The largest absolute Gasteiger partial charge is 0.399 e. The van der Waals surface area contributed by atoms with Crippen LogP contribution in [0.3, 0.4) is 0 Å². The lowest BCUT2D eigenvalue weighted by Gasteiger charge is -2.13. The Morgan fingerprint density at radius 2 is 1.69 bits per heavy atom. The number of ether oxygens (including phenoxy) is 1. The fourth-order valence-electron chi connectivity index (χ4n) is 0.963. The molecule has 0 atom stereocenters. The lowest BCUT2D eigenvalue weighted by molar-refractivity contribution is -0.254. The van der Waals surface area contributed by atoms with Crippen molar-refractivity contribution in [3.05, 3.63) is 11.3 Å². The van der Waals surface area contributed by atoms with E-state index in [0.717, 1.165) is 11.3 Å². The number of hydrogen-bond donors (Lipinski definition) is 0. The molecule has 0 bridgehead atoms. The van der Waals surface area contributed by atoms with E-state index in [0.29, 0.717) is 19.3 Å². The molecule has 0 saturated heterocycles. The van der Waals surface area contributed by atoms with Crippen molar-refractivity contribution in [2.24, 2.45) is 0 Å². The summed E-state index contributed by atoms with van der Waals surface area (Å²) in [5.41, 5.74) is 1.07. The predicted octanol–water partition coefficient (Wildman–Crippen LogP) is 1.32. The molecule has 0 aromatic carbocycles. The number of rotatable bonds is 9. The van der Waals surface area contributed by atoms with E-state index in [1.807, 2.05) is 13.8 Å². The minimum atomic E-state index is -1.71. The topological polar surface area (TPSA) is 46.2 Å². The molecule has 0 aliphatic rings. The third kappa shape index (κ3) is 6.97. The van der Waals surface area contributed by atoms with Gasteiger partial charge in [0.15, 0.2) is 0 Å². The van der Waals surface area contributed by atoms with Crippen LogP contribution in [0.15, 0.2) is 11.3 Å². The molecule has 0 rings (SSSR count). The van der Waals surface area contributed by atoms with E-state index in [9.17, 15) is 0 Å². The second-order valence-corrected chi connectivity index (χ2v) is 5.57. The first-order valence-electron chi connectivity index (χ1n) is 5.16. The first-order chi connectivity index (χ1) is 7.65. The van der Waals surface area contributed by atoms with Gasteiger partial charge in [-0.25, -0.2) is 0 Å². The van der Waals surface area contributed by atoms with Crippen LogP contribution in [0.1, 0.15) is 20.3 Å². The van der Waals surface area contributed by atoms with Gasteiger partial charge in [-0.15, -0.1) is 0 Å². The maximum Gasteiger partial charge on any atom is 0.352 e. The zero-order valence-corrected chi connectivity index (χ0v) is 11.9. The summed E-state index contributed by atoms with van der Waals surface area (Å²) in [7, 11) is 3.16. The highest BCUT2D eigenvalue weighted by molar-refractivity contribution is 6.44. The Morgan fingerprint density at radius 3 is 2.12 bits per heavy atom. The van der Waals surface area contributed by atoms with Crippen molar-refractivity contribution in [3.63, 3.8) is 0 Å². The fraction of sp³-hybridized carbons (Fsp3) is 0.800. The zero-order valence-electron chi connectivity index (χ0n) is 10.7. The normalized spacial score (nSPS) is 10.6. The van der Waals surface area contributed by atoms with Crippen LogP contribution in [0.25, 0.3) is 0 Å². The first-order valence-corrected chi connectivity index (χ1v) is 6.92. The summed E-state index contributed by atoms with van der Waals surface area (Å²) in [6.45, 7) is 4.55. The summed E-state index contributed by atoms with van der Waals surface area (Å²) in [6, 6.07) is 0. The summed E-state index contributed by atoms with van der Waals surface area (Å²) < 4.78 is 15.2. The van der Waals surface area contributed by atoms with Gasteiger partial charge in [-0.05, 0) is 19.4 Å². The second kappa shape index (κ2) is 9.80. The summed E-state index contributed by atoms with van der Waals surface area (Å²) in [5, 5.41) is 0. The minimum absolute atomic E-state index is 0.358. The van der Waals surface area contributed by atoms with Gasteiger partial charge in [0, 0.05) is 27.8 Å². The van der Waals surface area contributed by atoms with Gasteiger partial charge in [-0.1, -0.05) is 0 Å². The summed E-state index contributed by atoms with van der Waals surface area (Å²) in [4.78, 5) is 10.3. The van der Waals surface area contributed by atoms with Gasteiger partial charge < -0.3 is 18.5 Å². The molecule has 0 unspecified atom stereocenters. The fourth-order valence-corrected chi connectivity index (χ4v) is 1.61. The van der Waals surface area contributed by atoms with Gasteiger partial charge in [-0.3, -0.25) is 0 Å². The highest BCUT2D eigenvalue weighted by atomic mass is 28.3. The van der Waals surface area contributed by atoms with E-state index >= 15 is 0 Å². The average Bonchev–Trinajstić information content (AvgIpc) is 2.28. The average molecular weight is 250 g/mol. The van der Waals surface area contributed by atoms with Crippen molar-refractivity contribution in [1.29, 1.82) is 0 Å². The lowest BCUT2D eigenvalue weighted by Crippen LogP contribution is -2.26. The van der Waals surface area contributed by atoms with Crippen LogP contribution >= 0.6 is 0 Å². The summed E-state index contributed by atoms with van der Waals surface area (Å²) in [5.74, 6) is 0.793. The van der Waals surface area contributed by atoms with Gasteiger partial charge in [0.2, 0.25) is 0 Å². The molecule has 0 saturated carbocycles. The maximum absolute atomic E-state index is 5.21. The van der Waals surface area contributed by atoms with Crippen molar-refractivity contribution in [2.45, 2.75) is 20.3 Å². The molecule has 0 N–H and O–H groups in total. The molecule has 96 valence electrons. The molecule has 0 radical (unpaired) electrons. The van der Waals surface area contributed by atoms with Crippen LogP contribution in [-0.4, -0.2) is 43.5 Å². The molecular weight excluding hydrogens is 228 g/mol. The van der Waals surface area contributed by atoms with Crippen LogP contribution in [0, 0.1) is 0 Å². The summed E-state index contributed by atoms with van der Waals surface area (Å²) in [6.07, 6.45) is 1.06. The Morgan fingerprint density at radius 1 is 1.06 bits per heavy atom. The molecule has 0 heterocycles. The van der Waals surface area contributed by atoms with Crippen LogP contribution in [0.4, 0.5) is 0 Å². The van der Waals surface area contributed by atoms with Gasteiger partial charge in [-0.2, -0.15) is 4.89 Å². The van der Waals surface area contributed by atoms with Crippen molar-refractivity contribution < 1.29 is 23.4 Å². The van der Waals surface area contributed by atoms with Crippen molar-refractivity contribution >= 4 is 9.28 Å². The molecule has 0 aliphatic heterocycles. The minimum Gasteiger partial charge on any atom is -0.399 e. The molecule has 0 aromatic rings. The molecule has 5 nitrogen and oxygen atoms in total. The van der Waals surface area contributed by atoms with Crippen LogP contribution in [-0.2, 0) is 23.4 Å². The van der Waals surface area contributed by atoms with E-state index in [-0.39, 0.29) is 0 Å². The SMILES string of the molecule is COCCC(OOC[SiH](OC)OC)=C(C)C. The highest BCUT2D eigenvalue weighted by Gasteiger charge is 2.11. The Bertz CT molecular complexity index is 199. The predicted molar refractivity (Wildman–Crippen MR) is 63.1 cm³/mol. The Labute approximate surface area is 99.1 Å². The van der Waals surface area contributed by atoms with E-state index in [2.05, 4.69) is 0 Å². The zero-order chi connectivity index (χ0) is 12.4. The number of methoxy groups -OCH3 is 1. The van der Waals surface area contributed by atoms with Crippen molar-refractivity contribution in [2.75, 3.05) is 34.2 Å². The lowest BCUT2D eigenvalue weighted by atomic mass is 10.2. The first kappa shape index (κ1) is 15.6. The molecule has 6 heteroatoms. The Kier molecular flexibility index (Phi) is 9.55. The van der Waals surface area contributed by atoms with E-state index < -0.39 is 9.28 Å². The van der Waals surface area contributed by atoms with E-state index in [4.69, 9.17) is 23.4 Å². The van der Waals surface area contributed by atoms with Gasteiger partial charge >= 0.3 is 9.28 Å². The number of allylic oxidation sites excluding steroid dienone is 1. The van der Waals surface area contributed by atoms with Crippen LogP contribution < -0.4 is 0 Å².